The minimum atomic E-state index is 0.159. The summed E-state index contributed by atoms with van der Waals surface area (Å²) < 4.78 is 0. The number of hydrogen-bond acceptors (Lipinski definition) is 0. The fourth-order valence-electron chi connectivity index (χ4n) is 0.954. The van der Waals surface area contributed by atoms with Crippen LogP contribution in [0.25, 0.3) is 0 Å². The summed E-state index contributed by atoms with van der Waals surface area (Å²) in [5.41, 5.74) is 1.37. The molecule has 0 aromatic heterocycles. The first-order valence-electron chi connectivity index (χ1n) is 4.01. The first-order valence-corrected chi connectivity index (χ1v) is 5.37. The first-order chi connectivity index (χ1) is 5.06. The van der Waals surface area contributed by atoms with Crippen molar-refractivity contribution in [2.75, 3.05) is 0 Å². The van der Waals surface area contributed by atoms with Crippen molar-refractivity contribution in [3.05, 3.63) is 11.6 Å². The molecule has 0 fully saturated rings. The average molecular weight is 240 g/mol. The summed E-state index contributed by atoms with van der Waals surface area (Å²) in [6, 6.07) is 0. The molecule has 0 heterocycles. The fraction of sp³-hybridized carbons (Fsp3) is 0.778. The van der Waals surface area contributed by atoms with E-state index in [2.05, 4.69) is 35.9 Å². The van der Waals surface area contributed by atoms with Gasteiger partial charge in [0.1, 0.15) is 0 Å². The lowest BCUT2D eigenvalue weighted by atomic mass is 10.1. The molecule has 2 heteroatoms. The lowest BCUT2D eigenvalue weighted by molar-refractivity contribution is 0.817. The molecule has 0 aromatic rings. The molecule has 0 amide bonds. The number of rotatable bonds is 4. The van der Waals surface area contributed by atoms with Crippen molar-refractivity contribution < 1.29 is 0 Å². The van der Waals surface area contributed by atoms with Gasteiger partial charge in [-0.05, 0) is 26.7 Å². The Morgan fingerprint density at radius 2 is 2.18 bits per heavy atom. The highest BCUT2D eigenvalue weighted by Gasteiger charge is 2.01. The topological polar surface area (TPSA) is 0 Å². The van der Waals surface area contributed by atoms with Crippen LogP contribution in [0.2, 0.25) is 0 Å². The molecular formula is C9H16BrCl. The normalized spacial score (nSPS) is 18.1. The van der Waals surface area contributed by atoms with Crippen LogP contribution in [0.1, 0.15) is 33.6 Å². The number of alkyl halides is 2. The van der Waals surface area contributed by atoms with E-state index in [1.165, 1.54) is 12.0 Å². The quantitative estimate of drug-likeness (QED) is 0.511. The Balaban J connectivity index is 3.76. The van der Waals surface area contributed by atoms with Crippen LogP contribution in [0.15, 0.2) is 11.6 Å². The van der Waals surface area contributed by atoms with Gasteiger partial charge in [-0.1, -0.05) is 34.5 Å². The van der Waals surface area contributed by atoms with Crippen molar-refractivity contribution in [2.24, 2.45) is 0 Å². The zero-order valence-corrected chi connectivity index (χ0v) is 9.74. The van der Waals surface area contributed by atoms with E-state index >= 15 is 0 Å². The maximum absolute atomic E-state index is 5.81. The van der Waals surface area contributed by atoms with E-state index in [4.69, 9.17) is 11.6 Å². The highest BCUT2D eigenvalue weighted by Crippen LogP contribution is 2.16. The molecule has 0 spiro atoms. The van der Waals surface area contributed by atoms with Crippen LogP contribution in [-0.4, -0.2) is 10.2 Å². The molecular weight excluding hydrogens is 223 g/mol. The van der Waals surface area contributed by atoms with Gasteiger partial charge >= 0.3 is 0 Å². The van der Waals surface area contributed by atoms with Crippen LogP contribution >= 0.6 is 27.5 Å². The Morgan fingerprint density at radius 1 is 1.64 bits per heavy atom. The van der Waals surface area contributed by atoms with Crippen LogP contribution in [0.3, 0.4) is 0 Å². The van der Waals surface area contributed by atoms with E-state index in [1.807, 2.05) is 6.92 Å². The van der Waals surface area contributed by atoms with Gasteiger partial charge in [0.05, 0.1) is 0 Å². The molecule has 0 saturated carbocycles. The van der Waals surface area contributed by atoms with Crippen LogP contribution in [0.4, 0.5) is 0 Å². The van der Waals surface area contributed by atoms with Gasteiger partial charge in [0.2, 0.25) is 0 Å². The third kappa shape index (κ3) is 6.89. The number of halogens is 2. The van der Waals surface area contributed by atoms with Gasteiger partial charge < -0.3 is 0 Å². The predicted molar refractivity (Wildman–Crippen MR) is 56.7 cm³/mol. The minimum absolute atomic E-state index is 0.159. The molecule has 0 aliphatic carbocycles. The van der Waals surface area contributed by atoms with Crippen LogP contribution in [0.5, 0.6) is 0 Å². The van der Waals surface area contributed by atoms with Gasteiger partial charge in [0.15, 0.2) is 0 Å². The molecule has 0 rings (SSSR count). The Labute approximate surface area is 83.1 Å². The molecule has 66 valence electrons. The van der Waals surface area contributed by atoms with E-state index in [0.29, 0.717) is 4.83 Å². The lowest BCUT2D eigenvalue weighted by Crippen LogP contribution is -1.97. The van der Waals surface area contributed by atoms with E-state index in [0.717, 1.165) is 6.42 Å². The smallest absolute Gasteiger partial charge is 0.0490 e. The van der Waals surface area contributed by atoms with Crippen molar-refractivity contribution in [1.29, 1.82) is 0 Å². The second kappa shape index (κ2) is 6.07. The van der Waals surface area contributed by atoms with Gasteiger partial charge in [-0.3, -0.25) is 0 Å². The monoisotopic (exact) mass is 238 g/mol. The standard InChI is InChI=1S/C9H16BrCl/c1-4-9(10)6-7(2)5-8(3)11/h5,8-9H,4,6H2,1-3H3/b7-5-. The highest BCUT2D eigenvalue weighted by molar-refractivity contribution is 9.09. The second-order valence-electron chi connectivity index (χ2n) is 2.90. The van der Waals surface area contributed by atoms with Gasteiger partial charge in [0, 0.05) is 10.2 Å². The summed E-state index contributed by atoms with van der Waals surface area (Å²) >= 11 is 9.39. The molecule has 0 aromatic carbocycles. The van der Waals surface area contributed by atoms with Crippen LogP contribution < -0.4 is 0 Å². The Bertz CT molecular complexity index is 130. The molecule has 0 nitrogen and oxygen atoms in total. The Morgan fingerprint density at radius 3 is 2.55 bits per heavy atom. The summed E-state index contributed by atoms with van der Waals surface area (Å²) in [7, 11) is 0. The molecule has 0 aliphatic rings. The van der Waals surface area contributed by atoms with Crippen molar-refractivity contribution in [2.45, 2.75) is 43.8 Å². The summed E-state index contributed by atoms with van der Waals surface area (Å²) in [5.74, 6) is 0. The van der Waals surface area contributed by atoms with Gasteiger partial charge in [-0.15, -0.1) is 11.6 Å². The van der Waals surface area contributed by atoms with E-state index in [1.54, 1.807) is 0 Å². The highest BCUT2D eigenvalue weighted by atomic mass is 79.9. The maximum Gasteiger partial charge on any atom is 0.0490 e. The van der Waals surface area contributed by atoms with Gasteiger partial charge in [-0.25, -0.2) is 0 Å². The van der Waals surface area contributed by atoms with Gasteiger partial charge in [-0.2, -0.15) is 0 Å². The summed E-state index contributed by atoms with van der Waals surface area (Å²) in [6.45, 7) is 6.29. The molecule has 0 radical (unpaired) electrons. The summed E-state index contributed by atoms with van der Waals surface area (Å²) in [5, 5.41) is 0.159. The molecule has 2 atom stereocenters. The number of hydrogen-bond donors (Lipinski definition) is 0. The largest absolute Gasteiger partial charge is 0.119 e. The molecule has 0 saturated heterocycles. The summed E-state index contributed by atoms with van der Waals surface area (Å²) in [6.07, 6.45) is 4.38. The van der Waals surface area contributed by atoms with E-state index in [9.17, 15) is 0 Å². The molecule has 0 aliphatic heterocycles. The van der Waals surface area contributed by atoms with Gasteiger partial charge in [0.25, 0.3) is 0 Å². The SMILES string of the molecule is CCC(Br)C/C(C)=C\C(C)Cl. The van der Waals surface area contributed by atoms with Crippen molar-refractivity contribution in [1.82, 2.24) is 0 Å². The third-order valence-electron chi connectivity index (χ3n) is 1.50. The van der Waals surface area contributed by atoms with E-state index < -0.39 is 0 Å². The fourth-order valence-corrected chi connectivity index (χ4v) is 1.68. The minimum Gasteiger partial charge on any atom is -0.119 e. The molecule has 11 heavy (non-hydrogen) atoms. The molecule has 0 bridgehead atoms. The predicted octanol–water partition coefficient (Wildman–Crippen LogP) is 4.12. The molecule has 0 N–H and O–H groups in total. The van der Waals surface area contributed by atoms with Crippen LogP contribution in [0, 0.1) is 0 Å². The van der Waals surface area contributed by atoms with Crippen molar-refractivity contribution in [3.63, 3.8) is 0 Å². The summed E-state index contributed by atoms with van der Waals surface area (Å²) in [4.78, 5) is 0.606. The first kappa shape index (κ1) is 11.5. The second-order valence-corrected chi connectivity index (χ2v) is 4.88. The lowest BCUT2D eigenvalue weighted by Gasteiger charge is -2.06. The third-order valence-corrected chi connectivity index (χ3v) is 2.60. The maximum atomic E-state index is 5.81. The van der Waals surface area contributed by atoms with E-state index in [-0.39, 0.29) is 5.38 Å². The Kier molecular flexibility index (Phi) is 6.36. The zero-order valence-electron chi connectivity index (χ0n) is 7.40. The zero-order chi connectivity index (χ0) is 8.85. The molecule has 2 unspecified atom stereocenters. The number of allylic oxidation sites excluding steroid dienone is 2. The van der Waals surface area contributed by atoms with Crippen molar-refractivity contribution >= 4 is 27.5 Å². The average Bonchev–Trinajstić information content (AvgIpc) is 1.85. The van der Waals surface area contributed by atoms with Crippen LogP contribution in [-0.2, 0) is 0 Å². The Hall–Kier alpha value is 0.510. The van der Waals surface area contributed by atoms with Crippen molar-refractivity contribution in [3.8, 4) is 0 Å².